The molecule has 0 fully saturated rings. The van der Waals surface area contributed by atoms with E-state index in [0.29, 0.717) is 0 Å². The van der Waals surface area contributed by atoms with Gasteiger partial charge in [-0.25, -0.2) is 9.37 Å². The SMILES string of the molecule is CCN1CCc2c(sc(NC(=O)Cc3ccc(F)cc3)c2-c2nc3ccccc3s2)C1. The van der Waals surface area contributed by atoms with Gasteiger partial charge in [-0.3, -0.25) is 9.69 Å². The van der Waals surface area contributed by atoms with Crippen molar-refractivity contribution < 1.29 is 9.18 Å². The molecule has 0 unspecified atom stereocenters. The first-order chi connectivity index (χ1) is 15.1. The van der Waals surface area contributed by atoms with Crippen molar-refractivity contribution in [3.8, 4) is 10.6 Å². The van der Waals surface area contributed by atoms with E-state index in [0.717, 1.165) is 57.4 Å². The summed E-state index contributed by atoms with van der Waals surface area (Å²) in [6, 6.07) is 14.2. The number of benzene rings is 2. The van der Waals surface area contributed by atoms with Crippen LogP contribution in [0.2, 0.25) is 0 Å². The number of likely N-dealkylation sites (N-methyl/N-ethyl adjacent to an activating group) is 1. The average molecular weight is 452 g/mol. The van der Waals surface area contributed by atoms with Crippen LogP contribution in [0.1, 0.15) is 22.9 Å². The molecule has 0 radical (unpaired) electrons. The number of halogens is 1. The first-order valence-electron chi connectivity index (χ1n) is 10.4. The molecule has 2 aromatic heterocycles. The summed E-state index contributed by atoms with van der Waals surface area (Å²) in [6.07, 6.45) is 1.17. The standard InChI is InChI=1S/C24H22FN3OS2/c1-2-28-12-11-17-20(14-28)31-24(27-21(29)13-15-7-9-16(25)10-8-15)22(17)23-26-18-5-3-4-6-19(18)30-23/h3-10H,2,11-14H2,1H3,(H,27,29). The van der Waals surface area contributed by atoms with E-state index in [2.05, 4.69) is 23.2 Å². The van der Waals surface area contributed by atoms with Gasteiger partial charge >= 0.3 is 0 Å². The molecule has 0 saturated heterocycles. The number of carbonyl (C=O) groups excluding carboxylic acids is 1. The molecule has 158 valence electrons. The number of carbonyl (C=O) groups is 1. The zero-order valence-electron chi connectivity index (χ0n) is 17.2. The van der Waals surface area contributed by atoms with Gasteiger partial charge in [0.05, 0.1) is 16.6 Å². The molecule has 1 aliphatic rings. The molecule has 4 aromatic rings. The topological polar surface area (TPSA) is 45.2 Å². The van der Waals surface area contributed by atoms with E-state index >= 15 is 0 Å². The van der Waals surface area contributed by atoms with E-state index in [1.807, 2.05) is 18.2 Å². The molecular formula is C24H22FN3OS2. The normalized spacial score (nSPS) is 14.0. The first kappa shape index (κ1) is 20.3. The first-order valence-corrected chi connectivity index (χ1v) is 12.0. The highest BCUT2D eigenvalue weighted by molar-refractivity contribution is 7.22. The molecule has 0 bridgehead atoms. The minimum Gasteiger partial charge on any atom is -0.317 e. The minimum atomic E-state index is -0.298. The number of thiazole rings is 1. The molecule has 5 rings (SSSR count). The van der Waals surface area contributed by atoms with Crippen molar-refractivity contribution in [1.29, 1.82) is 0 Å². The molecule has 7 heteroatoms. The van der Waals surface area contributed by atoms with Gasteiger partial charge in [0.25, 0.3) is 0 Å². The molecule has 0 aliphatic carbocycles. The number of para-hydroxylation sites is 1. The summed E-state index contributed by atoms with van der Waals surface area (Å²) >= 11 is 3.33. The van der Waals surface area contributed by atoms with E-state index < -0.39 is 0 Å². The lowest BCUT2D eigenvalue weighted by molar-refractivity contribution is -0.115. The Hall–Kier alpha value is -2.61. The predicted octanol–water partition coefficient (Wildman–Crippen LogP) is 5.72. The third-order valence-electron chi connectivity index (χ3n) is 5.62. The smallest absolute Gasteiger partial charge is 0.229 e. The van der Waals surface area contributed by atoms with E-state index in [-0.39, 0.29) is 18.1 Å². The van der Waals surface area contributed by atoms with Crippen molar-refractivity contribution in [1.82, 2.24) is 9.88 Å². The molecule has 1 amide bonds. The van der Waals surface area contributed by atoms with Gasteiger partial charge in [-0.15, -0.1) is 22.7 Å². The van der Waals surface area contributed by atoms with Crippen molar-refractivity contribution >= 4 is 43.8 Å². The van der Waals surface area contributed by atoms with Crippen LogP contribution in [0.25, 0.3) is 20.8 Å². The van der Waals surface area contributed by atoms with Gasteiger partial charge < -0.3 is 5.32 Å². The number of nitrogens with zero attached hydrogens (tertiary/aromatic N) is 2. The summed E-state index contributed by atoms with van der Waals surface area (Å²) in [5, 5.41) is 4.97. The largest absolute Gasteiger partial charge is 0.317 e. The number of nitrogens with one attached hydrogen (secondary N) is 1. The summed E-state index contributed by atoms with van der Waals surface area (Å²) < 4.78 is 14.3. The highest BCUT2D eigenvalue weighted by atomic mass is 32.1. The number of hydrogen-bond donors (Lipinski definition) is 1. The third-order valence-corrected chi connectivity index (χ3v) is 7.81. The molecular weight excluding hydrogens is 429 g/mol. The fourth-order valence-electron chi connectivity index (χ4n) is 3.98. The predicted molar refractivity (Wildman–Crippen MR) is 126 cm³/mol. The number of thiophene rings is 1. The Morgan fingerprint density at radius 2 is 1.97 bits per heavy atom. The lowest BCUT2D eigenvalue weighted by Gasteiger charge is -2.25. The molecule has 4 nitrogen and oxygen atoms in total. The van der Waals surface area contributed by atoms with Crippen LogP contribution in [0.3, 0.4) is 0 Å². The fourth-order valence-corrected chi connectivity index (χ4v) is 6.39. The maximum atomic E-state index is 13.2. The Balaban J connectivity index is 1.50. The number of fused-ring (bicyclic) bond motifs is 2. The Kier molecular flexibility index (Phi) is 5.56. The summed E-state index contributed by atoms with van der Waals surface area (Å²) in [5.41, 5.74) is 4.16. The van der Waals surface area contributed by atoms with Crippen LogP contribution in [0.5, 0.6) is 0 Å². The summed E-state index contributed by atoms with van der Waals surface area (Å²) in [6.45, 7) is 5.11. The molecule has 1 aliphatic heterocycles. The summed E-state index contributed by atoms with van der Waals surface area (Å²) in [4.78, 5) is 21.4. The molecule has 0 spiro atoms. The lowest BCUT2D eigenvalue weighted by atomic mass is 10.0. The number of amides is 1. The number of anilines is 1. The maximum Gasteiger partial charge on any atom is 0.229 e. The Morgan fingerprint density at radius 1 is 1.16 bits per heavy atom. The molecule has 1 N–H and O–H groups in total. The highest BCUT2D eigenvalue weighted by Gasteiger charge is 2.27. The van der Waals surface area contributed by atoms with Crippen LogP contribution in [0.4, 0.5) is 9.39 Å². The van der Waals surface area contributed by atoms with Gasteiger partial charge in [-0.05, 0) is 48.4 Å². The molecule has 2 aromatic carbocycles. The summed E-state index contributed by atoms with van der Waals surface area (Å²) in [7, 11) is 0. The van der Waals surface area contributed by atoms with Gasteiger partial charge in [-0.1, -0.05) is 31.2 Å². The van der Waals surface area contributed by atoms with Crippen LogP contribution in [0, 0.1) is 5.82 Å². The zero-order chi connectivity index (χ0) is 21.4. The van der Waals surface area contributed by atoms with Crippen LogP contribution in [0.15, 0.2) is 48.5 Å². The second-order valence-corrected chi connectivity index (χ2v) is 9.80. The van der Waals surface area contributed by atoms with Crippen LogP contribution < -0.4 is 5.32 Å². The zero-order valence-corrected chi connectivity index (χ0v) is 18.8. The van der Waals surface area contributed by atoms with Crippen molar-refractivity contribution in [2.75, 3.05) is 18.4 Å². The maximum absolute atomic E-state index is 13.2. The van der Waals surface area contributed by atoms with Gasteiger partial charge in [-0.2, -0.15) is 0 Å². The van der Waals surface area contributed by atoms with E-state index in [1.54, 1.807) is 34.8 Å². The third kappa shape index (κ3) is 4.13. The van der Waals surface area contributed by atoms with Crippen molar-refractivity contribution in [3.05, 3.63) is 70.4 Å². The number of hydrogen-bond acceptors (Lipinski definition) is 5. The fraction of sp³-hybridized carbons (Fsp3) is 0.250. The second-order valence-electron chi connectivity index (χ2n) is 7.66. The van der Waals surface area contributed by atoms with Crippen LogP contribution >= 0.6 is 22.7 Å². The van der Waals surface area contributed by atoms with Gasteiger partial charge in [0, 0.05) is 23.5 Å². The number of rotatable bonds is 5. The number of aromatic nitrogens is 1. The highest BCUT2D eigenvalue weighted by Crippen LogP contribution is 2.45. The van der Waals surface area contributed by atoms with E-state index in [4.69, 9.17) is 4.98 Å². The second kappa shape index (κ2) is 8.49. The molecule has 0 atom stereocenters. The Morgan fingerprint density at radius 3 is 2.74 bits per heavy atom. The molecule has 3 heterocycles. The lowest BCUT2D eigenvalue weighted by Crippen LogP contribution is -2.29. The van der Waals surface area contributed by atoms with Crippen molar-refractivity contribution in [3.63, 3.8) is 0 Å². The van der Waals surface area contributed by atoms with Crippen molar-refractivity contribution in [2.45, 2.75) is 26.3 Å². The van der Waals surface area contributed by atoms with E-state index in [9.17, 15) is 9.18 Å². The average Bonchev–Trinajstić information content (AvgIpc) is 3.35. The van der Waals surface area contributed by atoms with Gasteiger partial charge in [0.2, 0.25) is 5.91 Å². The Labute approximate surface area is 188 Å². The quantitative estimate of drug-likeness (QED) is 0.422. The Bertz CT molecular complexity index is 1210. The monoisotopic (exact) mass is 451 g/mol. The van der Waals surface area contributed by atoms with Gasteiger partial charge in [0.15, 0.2) is 0 Å². The van der Waals surface area contributed by atoms with Gasteiger partial charge in [0.1, 0.15) is 15.8 Å². The minimum absolute atomic E-state index is 0.0973. The van der Waals surface area contributed by atoms with E-state index in [1.165, 1.54) is 22.6 Å². The van der Waals surface area contributed by atoms with Crippen molar-refractivity contribution in [2.24, 2.45) is 0 Å². The molecule has 31 heavy (non-hydrogen) atoms. The van der Waals surface area contributed by atoms with Crippen LogP contribution in [-0.2, 0) is 24.2 Å². The molecule has 0 saturated carbocycles. The van der Waals surface area contributed by atoms with Crippen LogP contribution in [-0.4, -0.2) is 28.9 Å². The summed E-state index contributed by atoms with van der Waals surface area (Å²) in [5.74, 6) is -0.395.